The van der Waals surface area contributed by atoms with E-state index in [1.165, 1.54) is 24.6 Å². The second-order valence-electron chi connectivity index (χ2n) is 5.75. The van der Waals surface area contributed by atoms with E-state index in [0.29, 0.717) is 21.7 Å². The number of hydrogen-bond donors (Lipinski definition) is 1. The van der Waals surface area contributed by atoms with Gasteiger partial charge in [-0.2, -0.15) is 0 Å². The molecule has 0 unspecified atom stereocenters. The van der Waals surface area contributed by atoms with Crippen molar-refractivity contribution in [3.63, 3.8) is 0 Å². The summed E-state index contributed by atoms with van der Waals surface area (Å²) in [5.41, 5.74) is 1.32. The van der Waals surface area contributed by atoms with E-state index in [4.69, 9.17) is 23.2 Å². The van der Waals surface area contributed by atoms with Crippen LogP contribution in [-0.4, -0.2) is 26.4 Å². The SMILES string of the molecule is CCn1c(SCC(=O)Nc2c(Cl)ccc(C)c2Cl)nnc1C1CC1. The van der Waals surface area contributed by atoms with Gasteiger partial charge in [0.1, 0.15) is 5.82 Å². The van der Waals surface area contributed by atoms with Crippen LogP contribution in [0.2, 0.25) is 10.0 Å². The molecule has 0 radical (unpaired) electrons. The molecule has 1 heterocycles. The highest BCUT2D eigenvalue weighted by molar-refractivity contribution is 7.99. The maximum atomic E-state index is 12.2. The van der Waals surface area contributed by atoms with Crippen LogP contribution < -0.4 is 5.32 Å². The van der Waals surface area contributed by atoms with Crippen LogP contribution in [-0.2, 0) is 11.3 Å². The first-order valence-corrected chi connectivity index (χ1v) is 9.55. The Morgan fingerprint density at radius 1 is 1.38 bits per heavy atom. The number of hydrogen-bond acceptors (Lipinski definition) is 4. The van der Waals surface area contributed by atoms with Crippen LogP contribution in [0.3, 0.4) is 0 Å². The molecule has 3 rings (SSSR count). The molecule has 2 aromatic rings. The van der Waals surface area contributed by atoms with E-state index in [2.05, 4.69) is 27.0 Å². The first kappa shape index (κ1) is 17.6. The zero-order chi connectivity index (χ0) is 17.3. The summed E-state index contributed by atoms with van der Waals surface area (Å²) in [6, 6.07) is 3.54. The van der Waals surface area contributed by atoms with Crippen LogP contribution >= 0.6 is 35.0 Å². The normalized spacial score (nSPS) is 14.0. The molecule has 0 saturated heterocycles. The first-order chi connectivity index (χ1) is 11.5. The fraction of sp³-hybridized carbons (Fsp3) is 0.438. The second kappa shape index (κ2) is 7.33. The van der Waals surface area contributed by atoms with Gasteiger partial charge in [0.25, 0.3) is 0 Å². The van der Waals surface area contributed by atoms with E-state index in [9.17, 15) is 4.79 Å². The van der Waals surface area contributed by atoms with Crippen LogP contribution in [0.25, 0.3) is 0 Å². The number of halogens is 2. The number of nitrogens with zero attached hydrogens (tertiary/aromatic N) is 3. The van der Waals surface area contributed by atoms with Crippen LogP contribution in [0, 0.1) is 6.92 Å². The van der Waals surface area contributed by atoms with Gasteiger partial charge < -0.3 is 9.88 Å². The molecule has 128 valence electrons. The topological polar surface area (TPSA) is 59.8 Å². The van der Waals surface area contributed by atoms with Crippen molar-refractivity contribution in [2.45, 2.75) is 44.3 Å². The monoisotopic (exact) mass is 384 g/mol. The quantitative estimate of drug-likeness (QED) is 0.743. The van der Waals surface area contributed by atoms with Gasteiger partial charge in [0.15, 0.2) is 5.16 Å². The minimum atomic E-state index is -0.173. The number of aromatic nitrogens is 3. The van der Waals surface area contributed by atoms with E-state index >= 15 is 0 Å². The van der Waals surface area contributed by atoms with Gasteiger partial charge in [0.2, 0.25) is 5.91 Å². The van der Waals surface area contributed by atoms with E-state index < -0.39 is 0 Å². The van der Waals surface area contributed by atoms with Gasteiger partial charge in [0, 0.05) is 12.5 Å². The fourth-order valence-electron chi connectivity index (χ4n) is 2.42. The number of carbonyl (C=O) groups excluding carboxylic acids is 1. The fourth-order valence-corrected chi connectivity index (χ4v) is 3.70. The number of thioether (sulfide) groups is 1. The molecular formula is C16H18Cl2N4OS. The first-order valence-electron chi connectivity index (χ1n) is 7.81. The summed E-state index contributed by atoms with van der Waals surface area (Å²) < 4.78 is 2.09. The van der Waals surface area contributed by atoms with Gasteiger partial charge in [-0.25, -0.2) is 0 Å². The Kier molecular flexibility index (Phi) is 5.37. The number of aryl methyl sites for hydroxylation is 1. The molecule has 1 aromatic heterocycles. The van der Waals surface area contributed by atoms with Crippen LogP contribution in [0.5, 0.6) is 0 Å². The molecule has 1 aliphatic carbocycles. The summed E-state index contributed by atoms with van der Waals surface area (Å²) in [5, 5.41) is 12.9. The zero-order valence-electron chi connectivity index (χ0n) is 13.5. The number of amides is 1. The molecule has 1 amide bonds. The van der Waals surface area contributed by atoms with Crippen LogP contribution in [0.15, 0.2) is 17.3 Å². The van der Waals surface area contributed by atoms with Crippen molar-refractivity contribution in [2.75, 3.05) is 11.1 Å². The molecule has 0 spiro atoms. The minimum Gasteiger partial charge on any atom is -0.323 e. The third-order valence-corrected chi connectivity index (χ3v) is 5.65. The Bertz CT molecular complexity index is 774. The molecule has 0 bridgehead atoms. The Morgan fingerprint density at radius 3 is 2.79 bits per heavy atom. The van der Waals surface area contributed by atoms with Crippen LogP contribution in [0.4, 0.5) is 5.69 Å². The number of benzene rings is 1. The summed E-state index contributed by atoms with van der Waals surface area (Å²) in [4.78, 5) is 12.2. The number of anilines is 1. The molecule has 1 N–H and O–H groups in total. The van der Waals surface area contributed by atoms with Gasteiger partial charge in [-0.1, -0.05) is 41.0 Å². The number of carbonyl (C=O) groups is 1. The lowest BCUT2D eigenvalue weighted by molar-refractivity contribution is -0.113. The Labute approximate surface area is 155 Å². The van der Waals surface area contributed by atoms with Crippen LogP contribution in [0.1, 0.15) is 37.1 Å². The van der Waals surface area contributed by atoms with E-state index in [1.807, 2.05) is 13.0 Å². The summed E-state index contributed by atoms with van der Waals surface area (Å²) in [5.74, 6) is 1.62. The number of rotatable bonds is 6. The maximum Gasteiger partial charge on any atom is 0.234 e. The highest BCUT2D eigenvalue weighted by atomic mass is 35.5. The summed E-state index contributed by atoms with van der Waals surface area (Å²) >= 11 is 13.7. The molecular weight excluding hydrogens is 367 g/mol. The molecule has 1 aromatic carbocycles. The Morgan fingerprint density at radius 2 is 2.12 bits per heavy atom. The Balaban J connectivity index is 1.65. The lowest BCUT2D eigenvalue weighted by Crippen LogP contribution is -2.15. The second-order valence-corrected chi connectivity index (χ2v) is 7.48. The van der Waals surface area contributed by atoms with Crippen molar-refractivity contribution >= 4 is 46.6 Å². The highest BCUT2D eigenvalue weighted by Crippen LogP contribution is 2.40. The highest BCUT2D eigenvalue weighted by Gasteiger charge is 2.30. The lowest BCUT2D eigenvalue weighted by Gasteiger charge is -2.11. The Hall–Kier alpha value is -1.24. The average Bonchev–Trinajstić information content (AvgIpc) is 3.33. The van der Waals surface area contributed by atoms with Crippen molar-refractivity contribution in [3.05, 3.63) is 33.6 Å². The third kappa shape index (κ3) is 3.71. The predicted octanol–water partition coefficient (Wildman–Crippen LogP) is 4.52. The molecule has 5 nitrogen and oxygen atoms in total. The smallest absolute Gasteiger partial charge is 0.234 e. The summed E-state index contributed by atoms with van der Waals surface area (Å²) in [6.07, 6.45) is 2.35. The molecule has 0 atom stereocenters. The summed E-state index contributed by atoms with van der Waals surface area (Å²) in [6.45, 7) is 4.73. The van der Waals surface area contributed by atoms with Gasteiger partial charge in [0.05, 0.1) is 21.5 Å². The van der Waals surface area contributed by atoms with Crippen molar-refractivity contribution in [2.24, 2.45) is 0 Å². The third-order valence-electron chi connectivity index (χ3n) is 3.89. The van der Waals surface area contributed by atoms with Crippen molar-refractivity contribution < 1.29 is 4.79 Å². The molecule has 0 aliphatic heterocycles. The van der Waals surface area contributed by atoms with Gasteiger partial charge in [-0.15, -0.1) is 10.2 Å². The standard InChI is InChI=1S/C16H18Cl2N4OS/c1-3-22-15(10-5-6-10)20-21-16(22)24-8-12(23)19-14-11(17)7-4-9(2)13(14)18/h4,7,10H,3,5-6,8H2,1-2H3,(H,19,23). The minimum absolute atomic E-state index is 0.173. The molecule has 1 saturated carbocycles. The van der Waals surface area contributed by atoms with Crippen molar-refractivity contribution in [3.8, 4) is 0 Å². The van der Waals surface area contributed by atoms with E-state index in [1.54, 1.807) is 6.07 Å². The largest absolute Gasteiger partial charge is 0.323 e. The van der Waals surface area contributed by atoms with Gasteiger partial charge >= 0.3 is 0 Å². The molecule has 1 fully saturated rings. The predicted molar refractivity (Wildman–Crippen MR) is 98.2 cm³/mol. The number of nitrogens with one attached hydrogen (secondary N) is 1. The molecule has 8 heteroatoms. The van der Waals surface area contributed by atoms with Crippen molar-refractivity contribution in [1.29, 1.82) is 0 Å². The zero-order valence-corrected chi connectivity index (χ0v) is 15.8. The van der Waals surface area contributed by atoms with E-state index in [0.717, 1.165) is 23.1 Å². The lowest BCUT2D eigenvalue weighted by atomic mass is 10.2. The van der Waals surface area contributed by atoms with Gasteiger partial charge in [-0.05, 0) is 38.3 Å². The molecule has 24 heavy (non-hydrogen) atoms. The van der Waals surface area contributed by atoms with Gasteiger partial charge in [-0.3, -0.25) is 4.79 Å². The summed E-state index contributed by atoms with van der Waals surface area (Å²) in [7, 11) is 0. The van der Waals surface area contributed by atoms with Crippen molar-refractivity contribution in [1.82, 2.24) is 14.8 Å². The molecule has 1 aliphatic rings. The van der Waals surface area contributed by atoms with E-state index in [-0.39, 0.29) is 11.7 Å². The maximum absolute atomic E-state index is 12.2. The average molecular weight is 385 g/mol.